The van der Waals surface area contributed by atoms with Gasteiger partial charge in [-0.3, -0.25) is 14.6 Å². The van der Waals surface area contributed by atoms with Crippen LogP contribution in [-0.2, 0) is 15.3 Å². The summed E-state index contributed by atoms with van der Waals surface area (Å²) in [5, 5.41) is 4.77. The zero-order valence-electron chi connectivity index (χ0n) is 15.9. The fraction of sp³-hybridized carbons (Fsp3) is 0.0952. The van der Waals surface area contributed by atoms with Crippen LogP contribution in [0.5, 0.6) is 11.5 Å². The SMILES string of the molecule is Cc1ccc(NC(=O)C(=O)Nc2cccc(Oc3ccncc3)c2)cc1C(F)(F)P. The molecule has 0 aliphatic rings. The summed E-state index contributed by atoms with van der Waals surface area (Å²) in [6.07, 6.45) is 3.16. The summed E-state index contributed by atoms with van der Waals surface area (Å²) in [6.45, 7) is 1.53. The molecule has 1 heterocycles. The summed E-state index contributed by atoms with van der Waals surface area (Å²) in [7, 11) is 1.45. The minimum absolute atomic E-state index is 0.0904. The minimum atomic E-state index is -3.15. The van der Waals surface area contributed by atoms with Crippen molar-refractivity contribution in [3.05, 3.63) is 78.1 Å². The first kappa shape index (κ1) is 21.3. The van der Waals surface area contributed by atoms with Crippen LogP contribution < -0.4 is 15.4 Å². The van der Waals surface area contributed by atoms with Crippen molar-refractivity contribution in [1.29, 1.82) is 0 Å². The van der Waals surface area contributed by atoms with E-state index in [1.807, 2.05) is 0 Å². The quantitative estimate of drug-likeness (QED) is 0.456. The highest BCUT2D eigenvalue weighted by Crippen LogP contribution is 2.37. The summed E-state index contributed by atoms with van der Waals surface area (Å²) in [5.41, 5.74) is -2.62. The summed E-state index contributed by atoms with van der Waals surface area (Å²) in [6, 6.07) is 13.8. The van der Waals surface area contributed by atoms with Gasteiger partial charge < -0.3 is 15.4 Å². The molecule has 6 nitrogen and oxygen atoms in total. The highest BCUT2D eigenvalue weighted by atomic mass is 31.0. The summed E-state index contributed by atoms with van der Waals surface area (Å²) in [5.74, 6) is -0.925. The Morgan fingerprint density at radius 2 is 1.57 bits per heavy atom. The molecule has 1 atom stereocenters. The van der Waals surface area contributed by atoms with Gasteiger partial charge in [0.05, 0.1) is 0 Å². The van der Waals surface area contributed by atoms with E-state index < -0.39 is 17.5 Å². The number of rotatable bonds is 5. The van der Waals surface area contributed by atoms with Crippen LogP contribution in [0.25, 0.3) is 0 Å². The van der Waals surface area contributed by atoms with Crippen LogP contribution in [0.1, 0.15) is 11.1 Å². The number of hydrogen-bond acceptors (Lipinski definition) is 4. The molecule has 0 bridgehead atoms. The van der Waals surface area contributed by atoms with E-state index >= 15 is 0 Å². The fourth-order valence-corrected chi connectivity index (χ4v) is 2.93. The second kappa shape index (κ2) is 8.97. The molecule has 0 radical (unpaired) electrons. The Labute approximate surface area is 173 Å². The van der Waals surface area contributed by atoms with Crippen molar-refractivity contribution in [2.75, 3.05) is 10.6 Å². The normalized spacial score (nSPS) is 10.9. The first-order valence-corrected chi connectivity index (χ1v) is 9.38. The largest absolute Gasteiger partial charge is 0.457 e. The number of benzene rings is 2. The maximum atomic E-state index is 13.6. The molecular weight excluding hydrogens is 411 g/mol. The third-order valence-electron chi connectivity index (χ3n) is 4.04. The average Bonchev–Trinajstić information content (AvgIpc) is 2.69. The molecule has 154 valence electrons. The second-order valence-electron chi connectivity index (χ2n) is 6.37. The first-order valence-electron chi connectivity index (χ1n) is 8.80. The number of anilines is 2. The van der Waals surface area contributed by atoms with Gasteiger partial charge in [0, 0.05) is 35.4 Å². The number of hydrogen-bond donors (Lipinski definition) is 2. The number of aryl methyl sites for hydroxylation is 1. The van der Waals surface area contributed by atoms with E-state index in [0.717, 1.165) is 6.07 Å². The number of carbonyl (C=O) groups excluding carboxylic acids is 2. The molecule has 30 heavy (non-hydrogen) atoms. The van der Waals surface area contributed by atoms with E-state index in [4.69, 9.17) is 4.74 Å². The molecule has 3 rings (SSSR count). The Kier molecular flexibility index (Phi) is 6.37. The molecule has 2 aromatic carbocycles. The Hall–Kier alpha value is -3.38. The van der Waals surface area contributed by atoms with Gasteiger partial charge in [0.1, 0.15) is 11.5 Å². The Balaban J connectivity index is 1.66. The minimum Gasteiger partial charge on any atom is -0.457 e. The van der Waals surface area contributed by atoms with Crippen molar-refractivity contribution in [2.24, 2.45) is 0 Å². The van der Waals surface area contributed by atoms with Gasteiger partial charge in [-0.25, -0.2) is 0 Å². The number of nitrogens with zero attached hydrogens (tertiary/aromatic N) is 1. The molecule has 2 amide bonds. The lowest BCUT2D eigenvalue weighted by Crippen LogP contribution is -2.29. The predicted octanol–water partition coefficient (Wildman–Crippen LogP) is 4.68. The standard InChI is InChI=1S/C21H18F2N3O3P/c1-13-5-6-15(12-18(13)21(22,23)30)26-20(28)19(27)25-14-3-2-4-17(11-14)29-16-7-9-24-10-8-16/h2-12H,30H2,1H3,(H,25,27)(H,26,28). The van der Waals surface area contributed by atoms with Crippen molar-refractivity contribution >= 4 is 32.4 Å². The van der Waals surface area contributed by atoms with Crippen LogP contribution in [0.15, 0.2) is 67.0 Å². The fourth-order valence-electron chi connectivity index (χ4n) is 2.61. The van der Waals surface area contributed by atoms with Crippen molar-refractivity contribution in [1.82, 2.24) is 4.98 Å². The Morgan fingerprint density at radius 3 is 2.20 bits per heavy atom. The third-order valence-corrected chi connectivity index (χ3v) is 4.35. The number of halogens is 2. The molecule has 0 saturated heterocycles. The molecule has 0 aliphatic carbocycles. The molecule has 1 unspecified atom stereocenters. The molecule has 0 fully saturated rings. The van der Waals surface area contributed by atoms with Gasteiger partial charge in [0.2, 0.25) is 0 Å². The Morgan fingerprint density at radius 1 is 0.933 bits per heavy atom. The number of pyridine rings is 1. The lowest BCUT2D eigenvalue weighted by atomic mass is 10.1. The second-order valence-corrected chi connectivity index (χ2v) is 7.10. The predicted molar refractivity (Wildman–Crippen MR) is 113 cm³/mol. The van der Waals surface area contributed by atoms with Crippen LogP contribution in [0, 0.1) is 6.92 Å². The average molecular weight is 429 g/mol. The number of amides is 2. The van der Waals surface area contributed by atoms with Crippen molar-refractivity contribution in [3.63, 3.8) is 0 Å². The van der Waals surface area contributed by atoms with E-state index in [0.29, 0.717) is 22.7 Å². The van der Waals surface area contributed by atoms with E-state index in [1.54, 1.807) is 48.8 Å². The molecule has 0 spiro atoms. The van der Waals surface area contributed by atoms with Gasteiger partial charge in [-0.05, 0) is 48.9 Å². The Bertz CT molecular complexity index is 1070. The molecular formula is C21H18F2N3O3P. The van der Waals surface area contributed by atoms with Crippen molar-refractivity contribution < 1.29 is 23.1 Å². The van der Waals surface area contributed by atoms with Gasteiger partial charge in [-0.15, -0.1) is 0 Å². The number of alkyl halides is 2. The van der Waals surface area contributed by atoms with Crippen molar-refractivity contribution in [2.45, 2.75) is 12.6 Å². The number of ether oxygens (including phenoxy) is 1. The number of nitrogens with one attached hydrogen (secondary N) is 2. The maximum Gasteiger partial charge on any atom is 0.314 e. The van der Waals surface area contributed by atoms with Crippen molar-refractivity contribution in [3.8, 4) is 11.5 Å². The lowest BCUT2D eigenvalue weighted by Gasteiger charge is -2.15. The van der Waals surface area contributed by atoms with E-state index in [1.165, 1.54) is 28.3 Å². The van der Waals surface area contributed by atoms with E-state index in [2.05, 4.69) is 15.6 Å². The zero-order valence-corrected chi connectivity index (χ0v) is 17.0. The summed E-state index contributed by atoms with van der Waals surface area (Å²) >= 11 is 0. The molecule has 9 heteroatoms. The maximum absolute atomic E-state index is 13.6. The molecule has 0 saturated carbocycles. The molecule has 1 aromatic heterocycles. The highest BCUT2D eigenvalue weighted by Gasteiger charge is 2.27. The topological polar surface area (TPSA) is 80.3 Å². The number of carbonyl (C=O) groups is 2. The molecule has 2 N–H and O–H groups in total. The monoisotopic (exact) mass is 429 g/mol. The van der Waals surface area contributed by atoms with E-state index in [9.17, 15) is 18.4 Å². The summed E-state index contributed by atoms with van der Waals surface area (Å²) in [4.78, 5) is 28.3. The van der Waals surface area contributed by atoms with Gasteiger partial charge in [-0.1, -0.05) is 21.4 Å². The van der Waals surface area contributed by atoms with Crippen LogP contribution >= 0.6 is 9.24 Å². The first-order chi connectivity index (χ1) is 14.2. The third kappa shape index (κ3) is 5.58. The van der Waals surface area contributed by atoms with Gasteiger partial charge in [0.15, 0.2) is 0 Å². The van der Waals surface area contributed by atoms with E-state index in [-0.39, 0.29) is 11.3 Å². The van der Waals surface area contributed by atoms with Gasteiger partial charge >= 0.3 is 11.8 Å². The number of aromatic nitrogens is 1. The van der Waals surface area contributed by atoms with Crippen LogP contribution in [0.4, 0.5) is 20.2 Å². The lowest BCUT2D eigenvalue weighted by molar-refractivity contribution is -0.133. The smallest absolute Gasteiger partial charge is 0.314 e. The molecule has 0 aliphatic heterocycles. The highest BCUT2D eigenvalue weighted by molar-refractivity contribution is 7.17. The molecule has 3 aromatic rings. The van der Waals surface area contributed by atoms with Crippen LogP contribution in [0.3, 0.4) is 0 Å². The zero-order chi connectivity index (χ0) is 21.7. The van der Waals surface area contributed by atoms with Gasteiger partial charge in [0.25, 0.3) is 5.66 Å². The van der Waals surface area contributed by atoms with Gasteiger partial charge in [-0.2, -0.15) is 8.78 Å². The van der Waals surface area contributed by atoms with Crippen LogP contribution in [-0.4, -0.2) is 16.8 Å². The van der Waals surface area contributed by atoms with Crippen LogP contribution in [0.2, 0.25) is 0 Å². The summed E-state index contributed by atoms with van der Waals surface area (Å²) < 4.78 is 32.9.